The molecule has 1 heterocycles. The summed E-state index contributed by atoms with van der Waals surface area (Å²) < 4.78 is 28.3. The van der Waals surface area contributed by atoms with Crippen molar-refractivity contribution in [3.63, 3.8) is 0 Å². The van der Waals surface area contributed by atoms with Crippen LogP contribution in [-0.4, -0.2) is 52.7 Å². The molecule has 7 heteroatoms. The lowest BCUT2D eigenvalue weighted by atomic mass is 10.4. The highest BCUT2D eigenvalue weighted by Crippen LogP contribution is 1.95. The Balaban J connectivity index is 2.11. The number of hydrogen-bond acceptors (Lipinski definition) is 4. The zero-order chi connectivity index (χ0) is 9.73. The molecule has 0 unspecified atom stereocenters. The zero-order valence-corrected chi connectivity index (χ0v) is 8.77. The van der Waals surface area contributed by atoms with Gasteiger partial charge in [0.2, 0.25) is 0 Å². The first-order valence-electron chi connectivity index (χ1n) is 4.07. The Kier molecular flexibility index (Phi) is 4.40. The Labute approximate surface area is 82.5 Å². The lowest BCUT2D eigenvalue weighted by molar-refractivity contribution is 0.0390. The highest BCUT2D eigenvalue weighted by Gasteiger charge is 2.10. The molecule has 13 heavy (non-hydrogen) atoms. The van der Waals surface area contributed by atoms with Crippen LogP contribution < -0.4 is 4.72 Å². The molecule has 0 spiro atoms. The van der Waals surface area contributed by atoms with Crippen molar-refractivity contribution in [1.29, 1.82) is 0 Å². The highest BCUT2D eigenvalue weighted by atomic mass is 35.7. The van der Waals surface area contributed by atoms with Gasteiger partial charge in [0.15, 0.2) is 0 Å². The second-order valence-electron chi connectivity index (χ2n) is 2.79. The van der Waals surface area contributed by atoms with Crippen molar-refractivity contribution in [2.45, 2.75) is 0 Å². The third-order valence-corrected chi connectivity index (χ3v) is 2.68. The van der Waals surface area contributed by atoms with Gasteiger partial charge in [0.25, 0.3) is 9.24 Å². The van der Waals surface area contributed by atoms with Crippen molar-refractivity contribution in [3.8, 4) is 0 Å². The van der Waals surface area contributed by atoms with Crippen LogP contribution in [0.2, 0.25) is 0 Å². The Hall–Kier alpha value is 0.120. The first-order chi connectivity index (χ1) is 6.08. The molecule has 0 aromatic carbocycles. The standard InChI is InChI=1S/C6H13ClN2O3S/c7-13(10,11)8-1-2-9-3-5-12-6-4-9/h8H,1-6H2. The van der Waals surface area contributed by atoms with Crippen LogP contribution in [0.3, 0.4) is 0 Å². The zero-order valence-electron chi connectivity index (χ0n) is 7.20. The van der Waals surface area contributed by atoms with E-state index in [1.54, 1.807) is 0 Å². The second-order valence-corrected chi connectivity index (χ2v) is 5.17. The first-order valence-corrected chi connectivity index (χ1v) is 6.38. The molecule has 1 saturated heterocycles. The lowest BCUT2D eigenvalue weighted by Crippen LogP contribution is -2.40. The van der Waals surface area contributed by atoms with Gasteiger partial charge in [0.1, 0.15) is 0 Å². The van der Waals surface area contributed by atoms with Crippen molar-refractivity contribution >= 4 is 19.9 Å². The predicted molar refractivity (Wildman–Crippen MR) is 50.0 cm³/mol. The van der Waals surface area contributed by atoms with Crippen LogP contribution in [0.4, 0.5) is 0 Å². The van der Waals surface area contributed by atoms with E-state index in [0.717, 1.165) is 13.1 Å². The van der Waals surface area contributed by atoms with E-state index in [-0.39, 0.29) is 0 Å². The molecule has 0 aromatic heterocycles. The fourth-order valence-electron chi connectivity index (χ4n) is 1.15. The van der Waals surface area contributed by atoms with Crippen molar-refractivity contribution < 1.29 is 13.2 Å². The highest BCUT2D eigenvalue weighted by molar-refractivity contribution is 8.12. The smallest absolute Gasteiger partial charge is 0.297 e. The molecule has 78 valence electrons. The Bertz CT molecular complexity index is 238. The van der Waals surface area contributed by atoms with Crippen LogP contribution >= 0.6 is 10.7 Å². The topological polar surface area (TPSA) is 58.6 Å². The lowest BCUT2D eigenvalue weighted by Gasteiger charge is -2.26. The van der Waals surface area contributed by atoms with E-state index in [1.165, 1.54) is 0 Å². The normalized spacial score (nSPS) is 20.4. The molecule has 0 amide bonds. The molecule has 0 bridgehead atoms. The Morgan fingerprint density at radius 3 is 2.54 bits per heavy atom. The molecular formula is C6H13ClN2O3S. The second kappa shape index (κ2) is 5.11. The summed E-state index contributed by atoms with van der Waals surface area (Å²) in [5, 5.41) is 0. The van der Waals surface area contributed by atoms with Crippen LogP contribution in [0.25, 0.3) is 0 Å². The van der Waals surface area contributed by atoms with Crippen LogP contribution in [0.1, 0.15) is 0 Å². The number of rotatable bonds is 4. The van der Waals surface area contributed by atoms with Gasteiger partial charge in [-0.25, -0.2) is 4.72 Å². The van der Waals surface area contributed by atoms with Gasteiger partial charge >= 0.3 is 0 Å². The molecule has 0 radical (unpaired) electrons. The molecule has 0 saturated carbocycles. The van der Waals surface area contributed by atoms with Gasteiger partial charge in [-0.3, -0.25) is 4.90 Å². The van der Waals surface area contributed by atoms with Gasteiger partial charge in [-0.2, -0.15) is 8.42 Å². The van der Waals surface area contributed by atoms with Gasteiger partial charge in [-0.1, -0.05) is 0 Å². The van der Waals surface area contributed by atoms with E-state index in [1.807, 2.05) is 0 Å². The molecule has 1 fully saturated rings. The Morgan fingerprint density at radius 2 is 2.00 bits per heavy atom. The minimum absolute atomic E-state index is 0.353. The fourth-order valence-corrected chi connectivity index (χ4v) is 1.72. The molecule has 1 rings (SSSR count). The van der Waals surface area contributed by atoms with E-state index < -0.39 is 9.24 Å². The summed E-state index contributed by atoms with van der Waals surface area (Å²) in [6, 6.07) is 0. The van der Waals surface area contributed by atoms with Crippen molar-refractivity contribution in [2.75, 3.05) is 39.4 Å². The number of morpholine rings is 1. The number of ether oxygens (including phenoxy) is 1. The van der Waals surface area contributed by atoms with Gasteiger partial charge in [0, 0.05) is 36.9 Å². The molecule has 0 aliphatic carbocycles. The fraction of sp³-hybridized carbons (Fsp3) is 1.00. The van der Waals surface area contributed by atoms with Crippen molar-refractivity contribution in [2.24, 2.45) is 0 Å². The van der Waals surface area contributed by atoms with Gasteiger partial charge in [-0.15, -0.1) is 0 Å². The average Bonchev–Trinajstić information content (AvgIpc) is 2.04. The monoisotopic (exact) mass is 228 g/mol. The predicted octanol–water partition coefficient (Wildman–Crippen LogP) is -0.608. The largest absolute Gasteiger partial charge is 0.379 e. The molecule has 1 aliphatic rings. The maximum absolute atomic E-state index is 10.5. The maximum atomic E-state index is 10.5. The van der Waals surface area contributed by atoms with E-state index in [4.69, 9.17) is 15.4 Å². The summed E-state index contributed by atoms with van der Waals surface area (Å²) in [5.41, 5.74) is 0. The van der Waals surface area contributed by atoms with Crippen LogP contribution in [-0.2, 0) is 14.0 Å². The number of nitrogens with one attached hydrogen (secondary N) is 1. The summed E-state index contributed by atoms with van der Waals surface area (Å²) in [6.45, 7) is 4.16. The van der Waals surface area contributed by atoms with E-state index in [0.29, 0.717) is 26.3 Å². The van der Waals surface area contributed by atoms with Crippen LogP contribution in [0.15, 0.2) is 0 Å². The third kappa shape index (κ3) is 5.43. The number of hydrogen-bond donors (Lipinski definition) is 1. The van der Waals surface area contributed by atoms with Crippen LogP contribution in [0, 0.1) is 0 Å². The molecule has 1 aliphatic heterocycles. The minimum Gasteiger partial charge on any atom is -0.379 e. The summed E-state index contributed by atoms with van der Waals surface area (Å²) in [7, 11) is 1.41. The van der Waals surface area contributed by atoms with E-state index in [9.17, 15) is 8.42 Å². The SMILES string of the molecule is O=S(=O)(Cl)NCCN1CCOCC1. The number of nitrogens with zero attached hydrogens (tertiary/aromatic N) is 1. The summed E-state index contributed by atoms with van der Waals surface area (Å²) in [6.07, 6.45) is 0. The average molecular weight is 229 g/mol. The minimum atomic E-state index is -3.56. The van der Waals surface area contributed by atoms with Crippen molar-refractivity contribution in [3.05, 3.63) is 0 Å². The summed E-state index contributed by atoms with van der Waals surface area (Å²) in [4.78, 5) is 2.12. The van der Waals surface area contributed by atoms with E-state index >= 15 is 0 Å². The van der Waals surface area contributed by atoms with Gasteiger partial charge in [-0.05, 0) is 0 Å². The van der Waals surface area contributed by atoms with Gasteiger partial charge < -0.3 is 4.74 Å². The number of halogens is 1. The molecule has 1 N–H and O–H groups in total. The maximum Gasteiger partial charge on any atom is 0.297 e. The first kappa shape index (κ1) is 11.2. The van der Waals surface area contributed by atoms with Crippen molar-refractivity contribution in [1.82, 2.24) is 9.62 Å². The molecule has 5 nitrogen and oxygen atoms in total. The quantitative estimate of drug-likeness (QED) is 0.653. The summed E-state index contributed by atoms with van der Waals surface area (Å²) in [5.74, 6) is 0. The Morgan fingerprint density at radius 1 is 1.38 bits per heavy atom. The molecular weight excluding hydrogens is 216 g/mol. The molecule has 0 atom stereocenters. The molecule has 0 aromatic rings. The van der Waals surface area contributed by atoms with E-state index in [2.05, 4.69) is 9.62 Å². The van der Waals surface area contributed by atoms with Crippen LogP contribution in [0.5, 0.6) is 0 Å². The van der Waals surface area contributed by atoms with Gasteiger partial charge in [0.05, 0.1) is 13.2 Å². The third-order valence-electron chi connectivity index (χ3n) is 1.81. The summed E-state index contributed by atoms with van der Waals surface area (Å²) >= 11 is 0.